The van der Waals surface area contributed by atoms with E-state index >= 15 is 0 Å². The maximum Gasteiger partial charge on any atom is 0.310 e. The van der Waals surface area contributed by atoms with Crippen molar-refractivity contribution in [3.05, 3.63) is 52.8 Å². The smallest absolute Gasteiger partial charge is 0.310 e. The van der Waals surface area contributed by atoms with Gasteiger partial charge in [0.25, 0.3) is 5.91 Å². The molecule has 0 atom stereocenters. The third kappa shape index (κ3) is 4.39. The van der Waals surface area contributed by atoms with Crippen molar-refractivity contribution in [2.24, 2.45) is 0 Å². The van der Waals surface area contributed by atoms with Crippen LogP contribution in [0.4, 0.5) is 5.69 Å². The van der Waals surface area contributed by atoms with Gasteiger partial charge >= 0.3 is 5.97 Å². The minimum absolute atomic E-state index is 0.278. The monoisotopic (exact) mass is 348 g/mol. The minimum atomic E-state index is -0.344. The lowest BCUT2D eigenvalue weighted by Crippen LogP contribution is -2.12. The minimum Gasteiger partial charge on any atom is -0.427 e. The third-order valence-electron chi connectivity index (χ3n) is 2.58. The molecule has 0 saturated heterocycles. The van der Waals surface area contributed by atoms with Crippen LogP contribution in [-0.4, -0.2) is 16.9 Å². The molecule has 2 aromatic rings. The van der Waals surface area contributed by atoms with Crippen LogP contribution in [0.25, 0.3) is 0 Å². The summed E-state index contributed by atoms with van der Waals surface area (Å²) in [5, 5.41) is 2.72. The predicted octanol–water partition coefficient (Wildman–Crippen LogP) is 3.41. The van der Waals surface area contributed by atoms with Gasteiger partial charge in [0, 0.05) is 22.7 Å². The second-order valence-corrected chi connectivity index (χ2v) is 5.12. The van der Waals surface area contributed by atoms with Gasteiger partial charge in [-0.1, -0.05) is 13.0 Å². The van der Waals surface area contributed by atoms with Gasteiger partial charge in [-0.3, -0.25) is 14.6 Å². The molecule has 2 rings (SSSR count). The number of nitrogens with one attached hydrogen (secondary N) is 1. The van der Waals surface area contributed by atoms with Crippen LogP contribution in [0, 0.1) is 0 Å². The maximum atomic E-state index is 12.1. The highest BCUT2D eigenvalue weighted by molar-refractivity contribution is 9.10. The van der Waals surface area contributed by atoms with Crippen molar-refractivity contribution in [1.29, 1.82) is 0 Å². The van der Waals surface area contributed by atoms with Crippen molar-refractivity contribution in [1.82, 2.24) is 4.98 Å². The summed E-state index contributed by atoms with van der Waals surface area (Å²) in [5.74, 6) is -0.296. The number of pyridine rings is 1. The van der Waals surface area contributed by atoms with E-state index in [0.29, 0.717) is 17.0 Å². The fraction of sp³-hybridized carbons (Fsp3) is 0.133. The van der Waals surface area contributed by atoms with Gasteiger partial charge < -0.3 is 10.1 Å². The van der Waals surface area contributed by atoms with Crippen molar-refractivity contribution in [2.75, 3.05) is 5.32 Å². The summed E-state index contributed by atoms with van der Waals surface area (Å²) in [6.07, 6.45) is 3.45. The Balaban J connectivity index is 2.12. The number of ether oxygens (including phenoxy) is 1. The molecule has 0 aliphatic heterocycles. The van der Waals surface area contributed by atoms with Crippen molar-refractivity contribution < 1.29 is 14.3 Å². The van der Waals surface area contributed by atoms with Crippen LogP contribution in [0.5, 0.6) is 5.75 Å². The molecule has 0 saturated carbocycles. The van der Waals surface area contributed by atoms with E-state index in [0.717, 1.165) is 4.47 Å². The zero-order valence-corrected chi connectivity index (χ0v) is 12.9. The van der Waals surface area contributed by atoms with E-state index in [9.17, 15) is 9.59 Å². The van der Waals surface area contributed by atoms with Crippen LogP contribution in [0.15, 0.2) is 47.2 Å². The predicted molar refractivity (Wildman–Crippen MR) is 82.3 cm³/mol. The topological polar surface area (TPSA) is 68.3 Å². The Hall–Kier alpha value is -2.21. The Bertz CT molecular complexity index is 673. The summed E-state index contributed by atoms with van der Waals surface area (Å²) in [5.41, 5.74) is 0.974. The van der Waals surface area contributed by atoms with Gasteiger partial charge in [0.05, 0.1) is 11.9 Å². The molecule has 6 heteroatoms. The van der Waals surface area contributed by atoms with Gasteiger partial charge in [-0.15, -0.1) is 0 Å². The number of benzene rings is 1. The lowest BCUT2D eigenvalue weighted by molar-refractivity contribution is -0.134. The number of hydrogen-bond donors (Lipinski definition) is 1. The fourth-order valence-corrected chi connectivity index (χ4v) is 1.95. The molecule has 0 aliphatic carbocycles. The second-order valence-electron chi connectivity index (χ2n) is 4.20. The van der Waals surface area contributed by atoms with E-state index in [4.69, 9.17) is 4.74 Å². The number of carbonyl (C=O) groups excluding carboxylic acids is 2. The normalized spacial score (nSPS) is 10.0. The SMILES string of the molecule is CCC(=O)Oc1cccc(C(=O)Nc2cncc(Br)c2)c1. The first-order chi connectivity index (χ1) is 10.1. The molecule has 1 aromatic heterocycles. The van der Waals surface area contributed by atoms with Crippen LogP contribution >= 0.6 is 15.9 Å². The molecule has 0 radical (unpaired) electrons. The van der Waals surface area contributed by atoms with Crippen LogP contribution < -0.4 is 10.1 Å². The molecule has 21 heavy (non-hydrogen) atoms. The standard InChI is InChI=1S/C15H13BrN2O3/c1-2-14(19)21-13-5-3-4-10(6-13)15(20)18-12-7-11(16)8-17-9-12/h3-9H,2H2,1H3,(H,18,20). The van der Waals surface area contributed by atoms with Gasteiger partial charge in [-0.05, 0) is 40.2 Å². The highest BCUT2D eigenvalue weighted by atomic mass is 79.9. The number of nitrogens with zero attached hydrogens (tertiary/aromatic N) is 1. The number of hydrogen-bond acceptors (Lipinski definition) is 4. The molecular formula is C15H13BrN2O3. The largest absolute Gasteiger partial charge is 0.427 e. The molecule has 0 spiro atoms. The summed E-state index contributed by atoms with van der Waals surface area (Å²) in [7, 11) is 0. The fourth-order valence-electron chi connectivity index (χ4n) is 1.59. The van der Waals surface area contributed by atoms with E-state index in [1.54, 1.807) is 43.6 Å². The van der Waals surface area contributed by atoms with Crippen molar-refractivity contribution >= 4 is 33.5 Å². The van der Waals surface area contributed by atoms with Crippen molar-refractivity contribution in [2.45, 2.75) is 13.3 Å². The van der Waals surface area contributed by atoms with E-state index in [2.05, 4.69) is 26.2 Å². The average molecular weight is 349 g/mol. The van der Waals surface area contributed by atoms with E-state index in [1.165, 1.54) is 6.07 Å². The quantitative estimate of drug-likeness (QED) is 0.679. The molecule has 1 N–H and O–H groups in total. The van der Waals surface area contributed by atoms with Crippen LogP contribution in [0.2, 0.25) is 0 Å². The van der Waals surface area contributed by atoms with Crippen LogP contribution in [-0.2, 0) is 4.79 Å². The highest BCUT2D eigenvalue weighted by Crippen LogP contribution is 2.17. The summed E-state index contributed by atoms with van der Waals surface area (Å²) in [6, 6.07) is 8.20. The molecule has 0 aliphatic rings. The van der Waals surface area contributed by atoms with E-state index in [-0.39, 0.29) is 18.3 Å². The Kier molecular flexibility index (Phi) is 5.05. The van der Waals surface area contributed by atoms with E-state index < -0.39 is 0 Å². The molecule has 5 nitrogen and oxygen atoms in total. The van der Waals surface area contributed by atoms with E-state index in [1.807, 2.05) is 0 Å². The third-order valence-corrected chi connectivity index (χ3v) is 3.01. The molecule has 0 fully saturated rings. The lowest BCUT2D eigenvalue weighted by Gasteiger charge is -2.07. The summed E-state index contributed by atoms with van der Waals surface area (Å²) in [6.45, 7) is 1.71. The first kappa shape index (κ1) is 15.2. The number of aromatic nitrogens is 1. The molecule has 1 aromatic carbocycles. The van der Waals surface area contributed by atoms with Gasteiger partial charge in [0.1, 0.15) is 5.75 Å². The number of halogens is 1. The number of esters is 1. The van der Waals surface area contributed by atoms with Crippen molar-refractivity contribution in [3.63, 3.8) is 0 Å². The Labute approximate surface area is 130 Å². The summed E-state index contributed by atoms with van der Waals surface area (Å²) < 4.78 is 5.85. The molecule has 1 amide bonds. The number of rotatable bonds is 4. The summed E-state index contributed by atoms with van der Waals surface area (Å²) in [4.78, 5) is 27.4. The first-order valence-electron chi connectivity index (χ1n) is 6.31. The Morgan fingerprint density at radius 2 is 2.10 bits per heavy atom. The maximum absolute atomic E-state index is 12.1. The number of carbonyl (C=O) groups is 2. The first-order valence-corrected chi connectivity index (χ1v) is 7.10. The van der Waals surface area contributed by atoms with Crippen LogP contribution in [0.3, 0.4) is 0 Å². The molecular weight excluding hydrogens is 336 g/mol. The van der Waals surface area contributed by atoms with Crippen molar-refractivity contribution in [3.8, 4) is 5.75 Å². The van der Waals surface area contributed by atoms with Gasteiger partial charge in [0.15, 0.2) is 0 Å². The average Bonchev–Trinajstić information content (AvgIpc) is 2.47. The Morgan fingerprint density at radius 3 is 2.81 bits per heavy atom. The number of amides is 1. The highest BCUT2D eigenvalue weighted by Gasteiger charge is 2.09. The zero-order chi connectivity index (χ0) is 15.2. The van der Waals surface area contributed by atoms with Gasteiger partial charge in [-0.25, -0.2) is 0 Å². The zero-order valence-electron chi connectivity index (χ0n) is 11.3. The van der Waals surface area contributed by atoms with Crippen LogP contribution in [0.1, 0.15) is 23.7 Å². The molecule has 0 unspecified atom stereocenters. The van der Waals surface area contributed by atoms with Gasteiger partial charge in [-0.2, -0.15) is 0 Å². The molecule has 0 bridgehead atoms. The molecule has 108 valence electrons. The van der Waals surface area contributed by atoms with Gasteiger partial charge in [0.2, 0.25) is 0 Å². The summed E-state index contributed by atoms with van der Waals surface area (Å²) >= 11 is 3.28. The second kappa shape index (κ2) is 6.99. The Morgan fingerprint density at radius 1 is 1.29 bits per heavy atom. The molecule has 1 heterocycles. The number of anilines is 1. The lowest BCUT2D eigenvalue weighted by atomic mass is 10.2.